The van der Waals surface area contributed by atoms with Crippen molar-refractivity contribution in [2.75, 3.05) is 0 Å². The van der Waals surface area contributed by atoms with Crippen molar-refractivity contribution < 1.29 is 19.8 Å². The Morgan fingerprint density at radius 3 is 0.872 bits per heavy atom. The Kier molecular flexibility index (Phi) is 46.8. The molecule has 39 heavy (non-hydrogen) atoms. The molecule has 0 bridgehead atoms. The number of rotatable bonds is 28. The summed E-state index contributed by atoms with van der Waals surface area (Å²) >= 11 is 0.0736. The standard InChI is InChI=1S/2C9H18O2.2C8H17.Sn/c2*1-2-3-4-5-6-7-8-9(10)11;2*1-3-5-7-8-6-4-2;/h2*2-8H2,1H3,(H,10,11);2*1,3-8H2,2H3;/q;;;;+2/p-2. The molecule has 0 amide bonds. The van der Waals surface area contributed by atoms with Gasteiger partial charge in [0.2, 0.25) is 0 Å². The second-order valence-corrected chi connectivity index (χ2v) is 15.3. The van der Waals surface area contributed by atoms with Gasteiger partial charge in [-0.2, -0.15) is 0 Å². The first-order valence-electron chi connectivity index (χ1n) is 17.1. The molecule has 0 unspecified atom stereocenters. The fourth-order valence-corrected chi connectivity index (χ4v) is 7.85. The van der Waals surface area contributed by atoms with Crippen LogP contribution in [0.4, 0.5) is 0 Å². The van der Waals surface area contributed by atoms with Gasteiger partial charge >= 0.3 is 121 Å². The predicted molar refractivity (Wildman–Crippen MR) is 168 cm³/mol. The van der Waals surface area contributed by atoms with Crippen LogP contribution in [0.2, 0.25) is 8.87 Å². The summed E-state index contributed by atoms with van der Waals surface area (Å²) in [6.45, 7) is 8.94. The van der Waals surface area contributed by atoms with Crippen molar-refractivity contribution in [1.82, 2.24) is 0 Å². The van der Waals surface area contributed by atoms with Gasteiger partial charge in [0.15, 0.2) is 0 Å². The van der Waals surface area contributed by atoms with Crippen LogP contribution in [0, 0.1) is 0 Å². The Morgan fingerprint density at radius 2 is 0.615 bits per heavy atom. The number of carbonyl (C=O) groups excluding carboxylic acids is 2. The zero-order valence-corrected chi connectivity index (χ0v) is 29.8. The van der Waals surface area contributed by atoms with Gasteiger partial charge in [0.05, 0.1) is 0 Å². The zero-order chi connectivity index (χ0) is 29.7. The number of carbonyl (C=O) groups is 2. The minimum absolute atomic E-state index is 0.0736. The molecule has 4 nitrogen and oxygen atoms in total. The number of hydrogen-bond donors (Lipinski definition) is 0. The summed E-state index contributed by atoms with van der Waals surface area (Å²) in [5.74, 6) is -1.83. The second-order valence-electron chi connectivity index (χ2n) is 11.1. The molecule has 0 aromatic rings. The molecule has 0 aliphatic rings. The number of carboxylic acids is 2. The molecule has 0 spiro atoms. The Hall–Kier alpha value is -0.261. The molecule has 0 aromatic heterocycles. The summed E-state index contributed by atoms with van der Waals surface area (Å²) in [6, 6.07) is 0. The summed E-state index contributed by atoms with van der Waals surface area (Å²) in [5.41, 5.74) is 0. The van der Waals surface area contributed by atoms with Gasteiger partial charge in [0.1, 0.15) is 0 Å². The van der Waals surface area contributed by atoms with Crippen LogP contribution in [0.1, 0.15) is 195 Å². The van der Waals surface area contributed by atoms with Crippen molar-refractivity contribution in [2.45, 2.75) is 204 Å². The first kappa shape index (κ1) is 43.2. The molecule has 0 saturated heterocycles. The van der Waals surface area contributed by atoms with Gasteiger partial charge in [-0.25, -0.2) is 0 Å². The van der Waals surface area contributed by atoms with E-state index in [0.717, 1.165) is 25.7 Å². The Labute approximate surface area is 255 Å². The van der Waals surface area contributed by atoms with Crippen LogP contribution in [0.15, 0.2) is 0 Å². The molecule has 0 rings (SSSR count). The molecule has 0 aromatic carbocycles. The van der Waals surface area contributed by atoms with Gasteiger partial charge in [-0.3, -0.25) is 0 Å². The first-order chi connectivity index (χ1) is 19.0. The van der Waals surface area contributed by atoms with Crippen molar-refractivity contribution >= 4 is 33.1 Å². The van der Waals surface area contributed by atoms with Gasteiger partial charge in [-0.15, -0.1) is 0 Å². The molecule has 0 N–H and O–H groups in total. The topological polar surface area (TPSA) is 80.3 Å². The molecular weight excluding hydrogens is 591 g/mol. The van der Waals surface area contributed by atoms with Crippen LogP contribution < -0.4 is 10.2 Å². The summed E-state index contributed by atoms with van der Waals surface area (Å²) < 4.78 is 3.31. The van der Waals surface area contributed by atoms with Crippen molar-refractivity contribution in [2.24, 2.45) is 0 Å². The van der Waals surface area contributed by atoms with Crippen LogP contribution in [0.25, 0.3) is 0 Å². The van der Waals surface area contributed by atoms with Gasteiger partial charge in [0.25, 0.3) is 0 Å². The summed E-state index contributed by atoms with van der Waals surface area (Å²) in [6.07, 6.45) is 31.8. The average Bonchev–Trinajstić information content (AvgIpc) is 2.91. The Balaban J connectivity index is -0.000000519. The fraction of sp³-hybridized carbons (Fsp3) is 0.941. The number of hydrogen-bond acceptors (Lipinski definition) is 4. The first-order valence-corrected chi connectivity index (χ1v) is 21.1. The van der Waals surface area contributed by atoms with E-state index in [4.69, 9.17) is 0 Å². The quantitative estimate of drug-likeness (QED) is 0.0620. The van der Waals surface area contributed by atoms with Crippen LogP contribution in [0.5, 0.6) is 0 Å². The van der Waals surface area contributed by atoms with Crippen molar-refractivity contribution in [3.05, 3.63) is 0 Å². The van der Waals surface area contributed by atoms with E-state index in [2.05, 4.69) is 27.7 Å². The van der Waals surface area contributed by atoms with E-state index in [-0.39, 0.29) is 34.0 Å². The third-order valence-corrected chi connectivity index (χ3v) is 10.9. The van der Waals surface area contributed by atoms with Gasteiger partial charge in [-0.1, -0.05) is 78.1 Å². The van der Waals surface area contributed by atoms with Gasteiger partial charge in [-0.05, 0) is 25.7 Å². The molecule has 0 aliphatic carbocycles. The van der Waals surface area contributed by atoms with Crippen LogP contribution in [0.3, 0.4) is 0 Å². The summed E-state index contributed by atoms with van der Waals surface area (Å²) in [5, 5.41) is 20.0. The normalized spacial score (nSPS) is 10.2. The average molecular weight is 660 g/mol. The zero-order valence-electron chi connectivity index (χ0n) is 26.9. The molecule has 0 heterocycles. The molecule has 0 atom stereocenters. The van der Waals surface area contributed by atoms with Gasteiger partial charge in [0, 0.05) is 11.9 Å². The fourth-order valence-electron chi connectivity index (χ4n) is 4.28. The van der Waals surface area contributed by atoms with Crippen LogP contribution >= 0.6 is 0 Å². The molecule has 0 radical (unpaired) electrons. The van der Waals surface area contributed by atoms with Gasteiger partial charge < -0.3 is 19.8 Å². The van der Waals surface area contributed by atoms with E-state index in [1.54, 1.807) is 21.7 Å². The third kappa shape index (κ3) is 54.5. The molecule has 0 aliphatic heterocycles. The van der Waals surface area contributed by atoms with E-state index in [0.29, 0.717) is 0 Å². The maximum absolute atomic E-state index is 9.98. The van der Waals surface area contributed by atoms with E-state index in [1.165, 1.54) is 116 Å². The van der Waals surface area contributed by atoms with E-state index < -0.39 is 11.9 Å². The molecular formula is C34H68O4Sn. The Bertz CT molecular complexity index is 416. The monoisotopic (exact) mass is 660 g/mol. The summed E-state index contributed by atoms with van der Waals surface area (Å²) in [7, 11) is 0. The minimum atomic E-state index is -0.916. The Morgan fingerprint density at radius 1 is 0.385 bits per heavy atom. The predicted octanol–water partition coefficient (Wildman–Crippen LogP) is 9.22. The van der Waals surface area contributed by atoms with Crippen LogP contribution in [-0.2, 0) is 9.59 Å². The van der Waals surface area contributed by atoms with Crippen molar-refractivity contribution in [3.63, 3.8) is 0 Å². The van der Waals surface area contributed by atoms with Crippen LogP contribution in [-0.4, -0.2) is 33.1 Å². The molecule has 0 fully saturated rings. The molecule has 5 heteroatoms. The van der Waals surface area contributed by atoms with E-state index in [1.807, 2.05) is 0 Å². The molecule has 232 valence electrons. The van der Waals surface area contributed by atoms with E-state index in [9.17, 15) is 19.8 Å². The number of aliphatic carboxylic acids is 2. The SMILES string of the molecule is CCCCCCCCC(=O)[O-].CCCCCCCCC(=O)[O-].CCCCCCC[CH2][Sn+2][CH2]CCCCCCC. The molecule has 0 saturated carbocycles. The second kappa shape index (κ2) is 42.2. The van der Waals surface area contributed by atoms with E-state index >= 15 is 0 Å². The maximum atomic E-state index is 9.98. The third-order valence-electron chi connectivity index (χ3n) is 6.88. The van der Waals surface area contributed by atoms with Crippen molar-refractivity contribution in [1.29, 1.82) is 0 Å². The summed E-state index contributed by atoms with van der Waals surface area (Å²) in [4.78, 5) is 20.0. The number of unbranched alkanes of at least 4 members (excludes halogenated alkanes) is 20. The van der Waals surface area contributed by atoms with Crippen molar-refractivity contribution in [3.8, 4) is 0 Å². The number of carboxylic acid groups (broad SMARTS) is 2.